The first-order valence-corrected chi connectivity index (χ1v) is 14.4. The first kappa shape index (κ1) is 32.0. The van der Waals surface area contributed by atoms with Crippen LogP contribution in [0, 0.1) is 0 Å². The van der Waals surface area contributed by atoms with Crippen molar-refractivity contribution in [3.63, 3.8) is 0 Å². The number of amides is 2. The molecular weight excluding hydrogens is 590 g/mol. The number of alkyl halides is 3. The molecule has 2 rings (SSSR count). The van der Waals surface area contributed by atoms with Gasteiger partial charge in [-0.25, -0.2) is 8.42 Å². The number of carbonyl (C=O) groups is 2. The number of hydrogen-bond donors (Lipinski definition) is 1. The second-order valence-corrected chi connectivity index (χ2v) is 11.6. The molecule has 7 nitrogen and oxygen atoms in total. The number of sulfonamides is 1. The quantitative estimate of drug-likeness (QED) is 0.325. The summed E-state index contributed by atoms with van der Waals surface area (Å²) in [6, 6.07) is 5.68. The minimum Gasteiger partial charge on any atom is -0.354 e. The smallest absolute Gasteiger partial charge is 0.354 e. The van der Waals surface area contributed by atoms with Gasteiger partial charge >= 0.3 is 6.18 Å². The number of anilines is 1. The van der Waals surface area contributed by atoms with E-state index in [1.54, 1.807) is 6.07 Å². The zero-order chi connectivity index (χ0) is 28.8. The predicted molar refractivity (Wildman–Crippen MR) is 143 cm³/mol. The van der Waals surface area contributed by atoms with Crippen LogP contribution in [0.1, 0.15) is 37.8 Å². The predicted octanol–water partition coefficient (Wildman–Crippen LogP) is 5.77. The van der Waals surface area contributed by atoms with E-state index >= 15 is 0 Å². The molecule has 2 amide bonds. The Morgan fingerprint density at radius 2 is 1.66 bits per heavy atom. The molecule has 0 aliphatic rings. The first-order chi connectivity index (χ1) is 17.6. The lowest BCUT2D eigenvalue weighted by Crippen LogP contribution is -2.51. The van der Waals surface area contributed by atoms with E-state index < -0.39 is 51.9 Å². The molecule has 38 heavy (non-hydrogen) atoms. The largest absolute Gasteiger partial charge is 0.416 e. The SMILES string of the molecule is CCCCNC(=O)[C@H](C)N(Cc1c(Cl)cccc1Cl)C(=O)CN(c1cc(C(F)(F)F)ccc1Cl)S(C)(=O)=O. The molecule has 0 fully saturated rings. The van der Waals surface area contributed by atoms with Crippen LogP contribution >= 0.6 is 34.8 Å². The highest BCUT2D eigenvalue weighted by Gasteiger charge is 2.35. The Bertz CT molecular complexity index is 1260. The summed E-state index contributed by atoms with van der Waals surface area (Å²) < 4.78 is 65.8. The molecule has 0 radical (unpaired) electrons. The molecule has 2 aromatic rings. The van der Waals surface area contributed by atoms with Gasteiger partial charge in [-0.15, -0.1) is 0 Å². The molecule has 0 bridgehead atoms. The van der Waals surface area contributed by atoms with E-state index in [2.05, 4.69) is 5.32 Å². The molecule has 0 spiro atoms. The molecule has 0 saturated carbocycles. The number of unbranched alkanes of at least 4 members (excludes halogenated alkanes) is 1. The average Bonchev–Trinajstić information content (AvgIpc) is 2.81. The topological polar surface area (TPSA) is 86.8 Å². The van der Waals surface area contributed by atoms with Gasteiger partial charge in [0.05, 0.1) is 22.5 Å². The number of hydrogen-bond acceptors (Lipinski definition) is 4. The second kappa shape index (κ2) is 13.2. The monoisotopic (exact) mass is 615 g/mol. The van der Waals surface area contributed by atoms with E-state index in [0.717, 1.165) is 23.6 Å². The highest BCUT2D eigenvalue weighted by molar-refractivity contribution is 7.92. The molecule has 2 aromatic carbocycles. The van der Waals surface area contributed by atoms with Crippen molar-refractivity contribution in [2.45, 2.75) is 45.5 Å². The van der Waals surface area contributed by atoms with Crippen LogP contribution in [0.25, 0.3) is 0 Å². The Kier molecular flexibility index (Phi) is 11.1. The maximum Gasteiger partial charge on any atom is 0.416 e. The van der Waals surface area contributed by atoms with E-state index in [9.17, 15) is 31.2 Å². The lowest BCUT2D eigenvalue weighted by atomic mass is 10.1. The van der Waals surface area contributed by atoms with Crippen LogP contribution < -0.4 is 9.62 Å². The van der Waals surface area contributed by atoms with Crippen LogP contribution in [0.4, 0.5) is 18.9 Å². The van der Waals surface area contributed by atoms with Crippen LogP contribution in [0.5, 0.6) is 0 Å². The van der Waals surface area contributed by atoms with Gasteiger partial charge in [0.15, 0.2) is 0 Å². The van der Waals surface area contributed by atoms with Crippen molar-refractivity contribution in [3.05, 3.63) is 62.6 Å². The minimum atomic E-state index is -4.79. The third kappa shape index (κ3) is 8.39. The van der Waals surface area contributed by atoms with Crippen molar-refractivity contribution >= 4 is 62.3 Å². The van der Waals surface area contributed by atoms with Crippen molar-refractivity contribution < 1.29 is 31.2 Å². The van der Waals surface area contributed by atoms with E-state index in [1.165, 1.54) is 19.1 Å². The Hall–Kier alpha value is -2.21. The maximum absolute atomic E-state index is 13.6. The molecule has 14 heteroatoms. The highest BCUT2D eigenvalue weighted by atomic mass is 35.5. The zero-order valence-electron chi connectivity index (χ0n) is 20.8. The Balaban J connectivity index is 2.52. The fourth-order valence-electron chi connectivity index (χ4n) is 3.45. The lowest BCUT2D eigenvalue weighted by molar-refractivity contribution is -0.139. The fourth-order valence-corrected chi connectivity index (χ4v) is 5.09. The third-order valence-electron chi connectivity index (χ3n) is 5.61. The molecule has 0 heterocycles. The van der Waals surface area contributed by atoms with Crippen molar-refractivity contribution in [2.24, 2.45) is 0 Å². The molecule has 1 atom stereocenters. The number of carbonyl (C=O) groups excluding carboxylic acids is 2. The van der Waals surface area contributed by atoms with E-state index in [-0.39, 0.29) is 21.6 Å². The number of rotatable bonds is 11. The van der Waals surface area contributed by atoms with Crippen molar-refractivity contribution in [2.75, 3.05) is 23.7 Å². The number of benzene rings is 2. The van der Waals surface area contributed by atoms with E-state index in [0.29, 0.717) is 35.0 Å². The van der Waals surface area contributed by atoms with E-state index in [4.69, 9.17) is 34.8 Å². The van der Waals surface area contributed by atoms with Gasteiger partial charge in [-0.1, -0.05) is 54.2 Å². The number of nitrogens with zero attached hydrogens (tertiary/aromatic N) is 2. The van der Waals surface area contributed by atoms with Crippen molar-refractivity contribution in [3.8, 4) is 0 Å². The van der Waals surface area contributed by atoms with Crippen molar-refractivity contribution in [1.82, 2.24) is 10.2 Å². The summed E-state index contributed by atoms with van der Waals surface area (Å²) in [5.41, 5.74) is -1.38. The average molecular weight is 617 g/mol. The van der Waals surface area contributed by atoms with Crippen LogP contribution in [-0.2, 0) is 32.3 Å². The summed E-state index contributed by atoms with van der Waals surface area (Å²) in [6.07, 6.45) is -2.55. The van der Waals surface area contributed by atoms with Crippen molar-refractivity contribution in [1.29, 1.82) is 0 Å². The van der Waals surface area contributed by atoms with Gasteiger partial charge in [0.2, 0.25) is 21.8 Å². The standard InChI is InChI=1S/C24H27Cl3F3N3O4S/c1-4-5-11-31-23(35)15(2)32(13-17-18(25)7-6-8-19(17)26)22(34)14-33(38(3,36)37)21-12-16(24(28,29)30)9-10-20(21)27/h6-10,12,15H,4-5,11,13-14H2,1-3H3,(H,31,35)/t15-/m0/s1. The Morgan fingerprint density at radius 3 is 2.18 bits per heavy atom. The molecule has 0 aliphatic carbocycles. The summed E-state index contributed by atoms with van der Waals surface area (Å²) in [4.78, 5) is 27.5. The van der Waals surface area contributed by atoms with Gasteiger partial charge in [-0.05, 0) is 43.7 Å². The molecule has 1 N–H and O–H groups in total. The molecule has 0 saturated heterocycles. The van der Waals surface area contributed by atoms with Crippen LogP contribution in [-0.4, -0.2) is 50.5 Å². The maximum atomic E-state index is 13.6. The van der Waals surface area contributed by atoms with Crippen LogP contribution in [0.3, 0.4) is 0 Å². The molecule has 210 valence electrons. The van der Waals surface area contributed by atoms with Gasteiger partial charge in [0.1, 0.15) is 12.6 Å². The Morgan fingerprint density at radius 1 is 1.05 bits per heavy atom. The minimum absolute atomic E-state index is 0.204. The van der Waals surface area contributed by atoms with Gasteiger partial charge in [0.25, 0.3) is 0 Å². The van der Waals surface area contributed by atoms with Gasteiger partial charge in [-0.2, -0.15) is 13.2 Å². The molecule has 0 aromatic heterocycles. The normalized spacial score (nSPS) is 12.7. The van der Waals surface area contributed by atoms with Crippen LogP contribution in [0.15, 0.2) is 36.4 Å². The Labute approximate surface area is 234 Å². The summed E-state index contributed by atoms with van der Waals surface area (Å²) in [7, 11) is -4.30. The zero-order valence-corrected chi connectivity index (χ0v) is 23.9. The summed E-state index contributed by atoms with van der Waals surface area (Å²) in [6.45, 7) is 2.52. The van der Waals surface area contributed by atoms with Gasteiger partial charge in [0, 0.05) is 28.7 Å². The highest BCUT2D eigenvalue weighted by Crippen LogP contribution is 2.36. The first-order valence-electron chi connectivity index (χ1n) is 11.4. The van der Waals surface area contributed by atoms with Gasteiger partial charge < -0.3 is 10.2 Å². The summed E-state index contributed by atoms with van der Waals surface area (Å²) >= 11 is 18.6. The summed E-state index contributed by atoms with van der Waals surface area (Å²) in [5, 5.41) is 2.80. The lowest BCUT2D eigenvalue weighted by Gasteiger charge is -2.32. The molecule has 0 unspecified atom stereocenters. The summed E-state index contributed by atoms with van der Waals surface area (Å²) in [5.74, 6) is -1.41. The third-order valence-corrected chi connectivity index (χ3v) is 7.76. The number of halogens is 6. The van der Waals surface area contributed by atoms with Gasteiger partial charge in [-0.3, -0.25) is 13.9 Å². The van der Waals surface area contributed by atoms with E-state index in [1.807, 2.05) is 6.92 Å². The van der Waals surface area contributed by atoms with Crippen LogP contribution in [0.2, 0.25) is 15.1 Å². The number of nitrogens with one attached hydrogen (secondary N) is 1. The second-order valence-electron chi connectivity index (χ2n) is 8.48. The molecular formula is C24H27Cl3F3N3O4S. The fraction of sp³-hybridized carbons (Fsp3) is 0.417. The molecule has 0 aliphatic heterocycles.